The summed E-state index contributed by atoms with van der Waals surface area (Å²) in [4.78, 5) is 16.7. The quantitative estimate of drug-likeness (QED) is 0.189. The van der Waals surface area contributed by atoms with Gasteiger partial charge in [0.25, 0.3) is 5.91 Å². The molecule has 7 nitrogen and oxygen atoms in total. The highest BCUT2D eigenvalue weighted by molar-refractivity contribution is 7.80. The Labute approximate surface area is 220 Å². The Balaban J connectivity index is 1.39. The molecule has 0 saturated carbocycles. The molecule has 0 unspecified atom stereocenters. The van der Waals surface area contributed by atoms with Crippen LogP contribution >= 0.6 is 23.8 Å². The van der Waals surface area contributed by atoms with Gasteiger partial charge in [-0.25, -0.2) is 0 Å². The number of anilines is 1. The first-order valence-corrected chi connectivity index (χ1v) is 12.2. The number of amides is 1. The van der Waals surface area contributed by atoms with E-state index in [0.717, 1.165) is 21.6 Å². The summed E-state index contributed by atoms with van der Waals surface area (Å²) >= 11 is 12.1. The van der Waals surface area contributed by atoms with Crippen LogP contribution in [0.4, 0.5) is 5.69 Å². The van der Waals surface area contributed by atoms with Crippen molar-refractivity contribution in [3.8, 4) is 22.9 Å². The fourth-order valence-corrected chi connectivity index (χ4v) is 4.89. The number of hydrogen-bond acceptors (Lipinski definition) is 5. The molecule has 36 heavy (non-hydrogen) atoms. The molecule has 3 aromatic rings. The zero-order valence-corrected chi connectivity index (χ0v) is 21.8. The molecule has 184 valence electrons. The minimum atomic E-state index is -0.830. The second-order valence-corrected chi connectivity index (χ2v) is 9.73. The second kappa shape index (κ2) is 10.1. The van der Waals surface area contributed by atoms with Crippen molar-refractivity contribution in [3.05, 3.63) is 82.3 Å². The van der Waals surface area contributed by atoms with Gasteiger partial charge in [-0.05, 0) is 80.4 Å². The van der Waals surface area contributed by atoms with Crippen LogP contribution in [0.25, 0.3) is 11.1 Å². The first kappa shape index (κ1) is 25.4. The van der Waals surface area contributed by atoms with E-state index in [-0.39, 0.29) is 5.91 Å². The Morgan fingerprint density at radius 1 is 1.11 bits per heavy atom. The highest BCUT2D eigenvalue weighted by Crippen LogP contribution is 2.37. The molecule has 0 bridgehead atoms. The number of benzene rings is 2. The van der Waals surface area contributed by atoms with Crippen molar-refractivity contribution in [2.75, 3.05) is 18.1 Å². The molecule has 1 fully saturated rings. The number of pyridine rings is 1. The third-order valence-corrected chi connectivity index (χ3v) is 7.22. The molecule has 0 radical (unpaired) electrons. The molecule has 0 N–H and O–H groups in total. The van der Waals surface area contributed by atoms with Crippen molar-refractivity contribution in [2.24, 2.45) is 0 Å². The maximum Gasteiger partial charge on any atom is 0.258 e. The average molecular weight is 521 g/mol. The standard InChI is InChI=1S/C27H25ClN4O3S/c1-18-23(10-7-21(17-29)24(18)28)32-25(33)27(2,3)31(26(32)36)13-4-16-35-22-8-5-19(6-9-22)20-11-14-30(34)15-12-20/h5-12,14-15H,4,13,16H2,1-3H3. The third-order valence-electron chi connectivity index (χ3n) is 6.33. The number of halogens is 1. The van der Waals surface area contributed by atoms with Gasteiger partial charge in [0.2, 0.25) is 0 Å². The minimum Gasteiger partial charge on any atom is -0.619 e. The number of hydrogen-bond donors (Lipinski definition) is 0. The van der Waals surface area contributed by atoms with Crippen LogP contribution in [-0.2, 0) is 4.79 Å². The number of thiocarbonyl (C=S) groups is 1. The predicted octanol–water partition coefficient (Wildman–Crippen LogP) is 5.00. The van der Waals surface area contributed by atoms with Gasteiger partial charge >= 0.3 is 0 Å². The molecule has 4 rings (SSSR count). The van der Waals surface area contributed by atoms with Crippen LogP contribution < -0.4 is 14.4 Å². The molecular weight excluding hydrogens is 496 g/mol. The number of ether oxygens (including phenoxy) is 1. The van der Waals surface area contributed by atoms with Crippen LogP contribution in [0.15, 0.2) is 60.9 Å². The maximum absolute atomic E-state index is 13.3. The Hall–Kier alpha value is -3.67. The largest absolute Gasteiger partial charge is 0.619 e. The second-order valence-electron chi connectivity index (χ2n) is 8.99. The molecule has 0 atom stereocenters. The highest BCUT2D eigenvalue weighted by Gasteiger charge is 2.49. The fraction of sp³-hybridized carbons (Fsp3) is 0.259. The summed E-state index contributed by atoms with van der Waals surface area (Å²) in [5.41, 5.74) is 2.69. The maximum atomic E-state index is 13.3. The van der Waals surface area contributed by atoms with Crippen LogP contribution in [0.2, 0.25) is 5.02 Å². The van der Waals surface area contributed by atoms with E-state index in [2.05, 4.69) is 6.07 Å². The number of carbonyl (C=O) groups excluding carboxylic acids is 1. The smallest absolute Gasteiger partial charge is 0.258 e. The van der Waals surface area contributed by atoms with Gasteiger partial charge in [-0.15, -0.1) is 0 Å². The summed E-state index contributed by atoms with van der Waals surface area (Å²) < 4.78 is 6.66. The zero-order valence-electron chi connectivity index (χ0n) is 20.2. The summed E-state index contributed by atoms with van der Waals surface area (Å²) in [5.74, 6) is 0.591. The van der Waals surface area contributed by atoms with Crippen molar-refractivity contribution in [1.29, 1.82) is 5.26 Å². The molecule has 2 heterocycles. The van der Waals surface area contributed by atoms with E-state index in [4.69, 9.17) is 28.6 Å². The van der Waals surface area contributed by atoms with Crippen molar-refractivity contribution in [2.45, 2.75) is 32.7 Å². The van der Waals surface area contributed by atoms with Crippen LogP contribution in [0, 0.1) is 23.5 Å². The van der Waals surface area contributed by atoms with E-state index < -0.39 is 5.54 Å². The Bertz CT molecular complexity index is 1350. The van der Waals surface area contributed by atoms with Gasteiger partial charge < -0.3 is 14.8 Å². The van der Waals surface area contributed by atoms with E-state index in [1.807, 2.05) is 43.0 Å². The monoisotopic (exact) mass is 520 g/mol. The molecule has 0 spiro atoms. The van der Waals surface area contributed by atoms with Gasteiger partial charge in [0, 0.05) is 18.7 Å². The van der Waals surface area contributed by atoms with E-state index in [1.165, 1.54) is 17.3 Å². The number of nitrogens with zero attached hydrogens (tertiary/aromatic N) is 4. The molecule has 9 heteroatoms. The molecule has 1 aliphatic rings. The summed E-state index contributed by atoms with van der Waals surface area (Å²) in [6, 6.07) is 16.6. The molecule has 1 aliphatic heterocycles. The molecule has 2 aromatic carbocycles. The molecule has 1 aromatic heterocycles. The highest BCUT2D eigenvalue weighted by atomic mass is 35.5. The molecule has 1 amide bonds. The number of nitriles is 1. The summed E-state index contributed by atoms with van der Waals surface area (Å²) in [7, 11) is 0. The van der Waals surface area contributed by atoms with Crippen LogP contribution in [0.3, 0.4) is 0 Å². The van der Waals surface area contributed by atoms with Gasteiger partial charge in [0.1, 0.15) is 17.4 Å². The van der Waals surface area contributed by atoms with Gasteiger partial charge in [-0.1, -0.05) is 23.7 Å². The third kappa shape index (κ3) is 4.72. The normalized spacial score (nSPS) is 14.8. The summed E-state index contributed by atoms with van der Waals surface area (Å²) in [5, 5.41) is 21.2. The zero-order chi connectivity index (χ0) is 26.0. The minimum absolute atomic E-state index is 0.142. The van der Waals surface area contributed by atoms with E-state index in [9.17, 15) is 15.3 Å². The summed E-state index contributed by atoms with van der Waals surface area (Å²) in [6.45, 7) is 6.46. The lowest BCUT2D eigenvalue weighted by Crippen LogP contribution is -2.44. The van der Waals surface area contributed by atoms with Gasteiger partial charge in [-0.3, -0.25) is 9.69 Å². The van der Waals surface area contributed by atoms with E-state index in [1.54, 1.807) is 31.2 Å². The predicted molar refractivity (Wildman–Crippen MR) is 143 cm³/mol. The first-order chi connectivity index (χ1) is 17.1. The lowest BCUT2D eigenvalue weighted by Gasteiger charge is -2.29. The average Bonchev–Trinajstić information content (AvgIpc) is 3.03. The Morgan fingerprint density at radius 2 is 1.75 bits per heavy atom. The Morgan fingerprint density at radius 3 is 2.39 bits per heavy atom. The lowest BCUT2D eigenvalue weighted by molar-refractivity contribution is -0.605. The van der Waals surface area contributed by atoms with E-state index in [0.29, 0.717) is 46.5 Å². The lowest BCUT2D eigenvalue weighted by atomic mass is 10.0. The fourth-order valence-electron chi connectivity index (χ4n) is 4.19. The van der Waals surface area contributed by atoms with Gasteiger partial charge in [0.15, 0.2) is 17.5 Å². The molecule has 1 saturated heterocycles. The van der Waals surface area contributed by atoms with Crippen molar-refractivity contribution in [3.63, 3.8) is 0 Å². The molecular formula is C27H25ClN4O3S. The van der Waals surface area contributed by atoms with Crippen molar-refractivity contribution >= 4 is 40.5 Å². The first-order valence-electron chi connectivity index (χ1n) is 11.4. The van der Waals surface area contributed by atoms with E-state index >= 15 is 0 Å². The summed E-state index contributed by atoms with van der Waals surface area (Å²) in [6.07, 6.45) is 3.59. The SMILES string of the molecule is Cc1c(N2C(=O)C(C)(C)N(CCCOc3ccc(-c4cc[n+]([O-])cc4)cc3)C2=S)ccc(C#N)c1Cl. The topological polar surface area (TPSA) is 83.5 Å². The number of carbonyl (C=O) groups is 1. The molecule has 0 aliphatic carbocycles. The van der Waals surface area contributed by atoms with Crippen molar-refractivity contribution < 1.29 is 14.3 Å². The number of aromatic nitrogens is 1. The Kier molecular flexibility index (Phi) is 7.16. The van der Waals surface area contributed by atoms with Crippen LogP contribution in [0.1, 0.15) is 31.4 Å². The van der Waals surface area contributed by atoms with Gasteiger partial charge in [0.05, 0.1) is 22.9 Å². The van der Waals surface area contributed by atoms with Crippen LogP contribution in [-0.4, -0.2) is 34.6 Å². The number of rotatable bonds is 7. The van der Waals surface area contributed by atoms with Gasteiger partial charge in [-0.2, -0.15) is 9.99 Å². The van der Waals surface area contributed by atoms with Crippen LogP contribution in [0.5, 0.6) is 5.75 Å². The van der Waals surface area contributed by atoms with Crippen molar-refractivity contribution in [1.82, 2.24) is 4.90 Å².